The highest BCUT2D eigenvalue weighted by Gasteiger charge is 2.34. The van der Waals surface area contributed by atoms with E-state index in [0.717, 1.165) is 40.0 Å². The van der Waals surface area contributed by atoms with Crippen LogP contribution in [0.1, 0.15) is 49.1 Å². The zero-order valence-electron chi connectivity index (χ0n) is 19.2. The van der Waals surface area contributed by atoms with Crippen molar-refractivity contribution in [1.82, 2.24) is 10.2 Å². The van der Waals surface area contributed by atoms with Crippen LogP contribution in [0, 0.1) is 0 Å². The normalized spacial score (nSPS) is 16.0. The van der Waals surface area contributed by atoms with Gasteiger partial charge < -0.3 is 20.1 Å². The van der Waals surface area contributed by atoms with Crippen molar-refractivity contribution < 1.29 is 33.0 Å². The molecule has 2 N–H and O–H groups in total. The molecule has 1 atom stereocenters. The first-order chi connectivity index (χ1) is 16.8. The Morgan fingerprint density at radius 3 is 2.11 bits per heavy atom. The van der Waals surface area contributed by atoms with E-state index >= 15 is 0 Å². The number of nitrogens with one attached hydrogen (secondary N) is 1. The molecule has 1 fully saturated rings. The maximum atomic E-state index is 13.7. The third-order valence-corrected chi connectivity index (χ3v) is 6.74. The Balaban J connectivity index is 1.39. The van der Waals surface area contributed by atoms with Crippen LogP contribution in [-0.2, 0) is 14.3 Å². The molecule has 0 bridgehead atoms. The molecule has 0 saturated heterocycles. The fourth-order valence-electron chi connectivity index (χ4n) is 5.08. The van der Waals surface area contributed by atoms with Gasteiger partial charge in [0.15, 0.2) is 0 Å². The minimum absolute atomic E-state index is 0.0447. The van der Waals surface area contributed by atoms with Gasteiger partial charge in [-0.1, -0.05) is 61.4 Å². The number of carboxylic acids is 1. The van der Waals surface area contributed by atoms with Crippen molar-refractivity contribution in [3.8, 4) is 11.1 Å². The van der Waals surface area contributed by atoms with Crippen LogP contribution >= 0.6 is 0 Å². The van der Waals surface area contributed by atoms with Crippen molar-refractivity contribution in [2.75, 3.05) is 13.2 Å². The Bertz CT molecular complexity index is 1040. The average molecular weight is 487 g/mol. The second kappa shape index (κ2) is 10.8. The molecular weight excluding hydrogens is 458 g/mol. The number of rotatable bonds is 9. The zero-order chi connectivity index (χ0) is 24.9. The molecule has 1 unspecified atom stereocenters. The first kappa shape index (κ1) is 24.6. The van der Waals surface area contributed by atoms with Gasteiger partial charge in [-0.25, -0.2) is 13.6 Å². The van der Waals surface area contributed by atoms with Crippen LogP contribution in [-0.4, -0.2) is 59.6 Å². The lowest BCUT2D eigenvalue weighted by Gasteiger charge is -2.29. The minimum atomic E-state index is -3.02. The Morgan fingerprint density at radius 2 is 1.57 bits per heavy atom. The number of ether oxygens (including phenoxy) is 1. The summed E-state index contributed by atoms with van der Waals surface area (Å²) in [5, 5.41) is 11.3. The number of amides is 2. The third kappa shape index (κ3) is 5.61. The van der Waals surface area contributed by atoms with E-state index in [0.29, 0.717) is 12.8 Å². The second-order valence-corrected chi connectivity index (χ2v) is 8.97. The number of carboxylic acid groups (broad SMARTS) is 1. The summed E-state index contributed by atoms with van der Waals surface area (Å²) in [7, 11) is 0. The average Bonchev–Trinajstić information content (AvgIpc) is 3.47. The Labute approximate surface area is 202 Å². The summed E-state index contributed by atoms with van der Waals surface area (Å²) in [6.45, 7) is -0.596. The summed E-state index contributed by atoms with van der Waals surface area (Å²) in [5.41, 5.74) is 4.06. The van der Waals surface area contributed by atoms with Crippen molar-refractivity contribution >= 4 is 18.0 Å². The van der Waals surface area contributed by atoms with E-state index in [9.17, 15) is 23.2 Å². The maximum absolute atomic E-state index is 13.7. The molecule has 9 heteroatoms. The largest absolute Gasteiger partial charge is 0.480 e. The molecule has 35 heavy (non-hydrogen) atoms. The Kier molecular flexibility index (Phi) is 7.63. The molecule has 0 heterocycles. The molecule has 0 radical (unpaired) electrons. The van der Waals surface area contributed by atoms with Crippen molar-refractivity contribution in [1.29, 1.82) is 0 Å². The van der Waals surface area contributed by atoms with Gasteiger partial charge in [-0.15, -0.1) is 0 Å². The van der Waals surface area contributed by atoms with E-state index in [1.165, 1.54) is 0 Å². The third-order valence-electron chi connectivity index (χ3n) is 6.74. The Morgan fingerprint density at radius 1 is 1.00 bits per heavy atom. The number of nitrogens with zero attached hydrogens (tertiary/aromatic N) is 1. The van der Waals surface area contributed by atoms with Gasteiger partial charge in [0.05, 0.1) is 6.42 Å². The van der Waals surface area contributed by atoms with Gasteiger partial charge in [-0.2, -0.15) is 0 Å². The smallest absolute Gasteiger partial charge is 0.407 e. The molecule has 0 spiro atoms. The molecule has 2 amide bonds. The van der Waals surface area contributed by atoms with Gasteiger partial charge >= 0.3 is 12.1 Å². The lowest BCUT2D eigenvalue weighted by Crippen LogP contribution is -2.48. The number of halogens is 2. The SMILES string of the molecule is O=C(O)CN(C(=O)CC(NC(=O)OCC1c2ccccc2-c2ccccc21)C(F)F)C1CCCC1. The number of hydrogen-bond donors (Lipinski definition) is 2. The van der Waals surface area contributed by atoms with Crippen molar-refractivity contribution in [2.45, 2.75) is 56.5 Å². The first-order valence-electron chi connectivity index (χ1n) is 11.8. The summed E-state index contributed by atoms with van der Waals surface area (Å²) in [4.78, 5) is 37.5. The van der Waals surface area contributed by atoms with Crippen LogP contribution in [0.2, 0.25) is 0 Å². The van der Waals surface area contributed by atoms with Gasteiger partial charge in [0.1, 0.15) is 19.2 Å². The molecule has 0 aliphatic heterocycles. The fraction of sp³-hybridized carbons (Fsp3) is 0.423. The highest BCUT2D eigenvalue weighted by molar-refractivity contribution is 5.83. The van der Waals surface area contributed by atoms with E-state index < -0.39 is 43.4 Å². The Hall–Kier alpha value is -3.49. The predicted molar refractivity (Wildman–Crippen MR) is 124 cm³/mol. The van der Waals surface area contributed by atoms with Gasteiger partial charge in [-0.05, 0) is 35.1 Å². The lowest BCUT2D eigenvalue weighted by molar-refractivity contribution is -0.146. The maximum Gasteiger partial charge on any atom is 0.407 e. The summed E-state index contributed by atoms with van der Waals surface area (Å²) in [6.07, 6.45) is -1.79. The predicted octanol–water partition coefficient (Wildman–Crippen LogP) is 4.40. The molecule has 2 aromatic rings. The molecule has 2 aliphatic carbocycles. The van der Waals surface area contributed by atoms with E-state index in [2.05, 4.69) is 5.32 Å². The van der Waals surface area contributed by atoms with E-state index in [-0.39, 0.29) is 18.6 Å². The summed E-state index contributed by atoms with van der Waals surface area (Å²) < 4.78 is 32.7. The number of fused-ring (bicyclic) bond motifs is 3. The van der Waals surface area contributed by atoms with Gasteiger partial charge in [0, 0.05) is 12.0 Å². The van der Waals surface area contributed by atoms with Crippen LogP contribution in [0.25, 0.3) is 11.1 Å². The van der Waals surface area contributed by atoms with Crippen LogP contribution in [0.5, 0.6) is 0 Å². The monoisotopic (exact) mass is 486 g/mol. The summed E-state index contributed by atoms with van der Waals surface area (Å²) in [5.74, 6) is -2.15. The van der Waals surface area contributed by atoms with Crippen molar-refractivity contribution in [3.05, 3.63) is 59.7 Å². The van der Waals surface area contributed by atoms with E-state index in [4.69, 9.17) is 9.84 Å². The van der Waals surface area contributed by atoms with Crippen molar-refractivity contribution in [3.63, 3.8) is 0 Å². The zero-order valence-corrected chi connectivity index (χ0v) is 19.2. The molecule has 2 aromatic carbocycles. The number of carbonyl (C=O) groups is 3. The highest BCUT2D eigenvalue weighted by atomic mass is 19.3. The van der Waals surface area contributed by atoms with Gasteiger partial charge in [0.25, 0.3) is 6.43 Å². The quantitative estimate of drug-likeness (QED) is 0.548. The standard InChI is InChI=1S/C26H28F2N2O5/c27-25(28)22(13-23(31)30(14-24(32)33)16-7-1-2-8-16)29-26(34)35-15-21-19-11-5-3-9-17(19)18-10-4-6-12-20(18)21/h3-6,9-12,16,21-22,25H,1-2,7-8,13-15H2,(H,29,34)(H,32,33). The van der Waals surface area contributed by atoms with Gasteiger partial charge in [0.2, 0.25) is 5.91 Å². The molecular formula is C26H28F2N2O5. The minimum Gasteiger partial charge on any atom is -0.480 e. The van der Waals surface area contributed by atoms with Crippen molar-refractivity contribution in [2.24, 2.45) is 0 Å². The van der Waals surface area contributed by atoms with Crippen LogP contribution in [0.4, 0.5) is 13.6 Å². The van der Waals surface area contributed by atoms with E-state index in [1.807, 2.05) is 48.5 Å². The molecule has 1 saturated carbocycles. The lowest BCUT2D eigenvalue weighted by atomic mass is 9.98. The van der Waals surface area contributed by atoms with Crippen LogP contribution in [0.3, 0.4) is 0 Å². The molecule has 7 nitrogen and oxygen atoms in total. The molecule has 0 aromatic heterocycles. The number of carbonyl (C=O) groups excluding carboxylic acids is 2. The molecule has 186 valence electrons. The fourth-order valence-corrected chi connectivity index (χ4v) is 5.08. The topological polar surface area (TPSA) is 95.9 Å². The number of alkyl carbamates (subject to hydrolysis) is 1. The second-order valence-electron chi connectivity index (χ2n) is 8.97. The summed E-state index contributed by atoms with van der Waals surface area (Å²) >= 11 is 0. The van der Waals surface area contributed by atoms with Gasteiger partial charge in [-0.3, -0.25) is 9.59 Å². The highest BCUT2D eigenvalue weighted by Crippen LogP contribution is 2.44. The molecule has 4 rings (SSSR count). The number of hydrogen-bond acceptors (Lipinski definition) is 4. The number of aliphatic carboxylic acids is 1. The van der Waals surface area contributed by atoms with Crippen LogP contribution < -0.4 is 5.32 Å². The number of alkyl halides is 2. The number of benzene rings is 2. The first-order valence-corrected chi connectivity index (χ1v) is 11.8. The molecule has 2 aliphatic rings. The summed E-state index contributed by atoms with van der Waals surface area (Å²) in [6, 6.07) is 13.4. The van der Waals surface area contributed by atoms with E-state index in [1.54, 1.807) is 0 Å². The van der Waals surface area contributed by atoms with Crippen LogP contribution in [0.15, 0.2) is 48.5 Å².